The van der Waals surface area contributed by atoms with Crippen molar-refractivity contribution in [1.29, 1.82) is 5.26 Å². The van der Waals surface area contributed by atoms with Gasteiger partial charge in [-0.1, -0.05) is 18.2 Å². The van der Waals surface area contributed by atoms with E-state index in [-0.39, 0.29) is 17.2 Å². The average molecular weight is 526 g/mol. The maximum Gasteiger partial charge on any atom is 0.402 e. The minimum atomic E-state index is -4.70. The lowest BCUT2D eigenvalue weighted by atomic mass is 9.93. The van der Waals surface area contributed by atoms with Crippen LogP contribution < -0.4 is 14.2 Å². The number of benzene rings is 2. The van der Waals surface area contributed by atoms with Crippen molar-refractivity contribution in [1.82, 2.24) is 19.2 Å². The first-order valence-electron chi connectivity index (χ1n) is 10.6. The Labute approximate surface area is 205 Å². The van der Waals surface area contributed by atoms with Gasteiger partial charge in [0, 0.05) is 18.2 Å². The second-order valence-electron chi connectivity index (χ2n) is 8.29. The summed E-state index contributed by atoms with van der Waals surface area (Å²) >= 11 is 0. The van der Waals surface area contributed by atoms with Crippen molar-refractivity contribution in [3.05, 3.63) is 65.5 Å². The monoisotopic (exact) mass is 525 g/mol. The largest absolute Gasteiger partial charge is 0.436 e. The van der Waals surface area contributed by atoms with Gasteiger partial charge in [0.05, 0.1) is 16.8 Å². The maximum atomic E-state index is 13.4. The van der Waals surface area contributed by atoms with E-state index in [0.717, 1.165) is 12.1 Å². The molecule has 0 aliphatic rings. The second kappa shape index (κ2) is 10.3. The van der Waals surface area contributed by atoms with Gasteiger partial charge in [-0.05, 0) is 50.6 Å². The lowest BCUT2D eigenvalue weighted by Crippen LogP contribution is -2.48. The summed E-state index contributed by atoms with van der Waals surface area (Å²) in [6.45, 7) is 3.62. The first-order chi connectivity index (χ1) is 16.7. The quantitative estimate of drug-likeness (QED) is 0.397. The van der Waals surface area contributed by atoms with E-state index in [1.54, 1.807) is 35.0 Å². The Balaban J connectivity index is 1.89. The molecule has 0 aliphatic carbocycles. The molecule has 192 valence electrons. The topological polar surface area (TPSA) is 109 Å². The van der Waals surface area contributed by atoms with Gasteiger partial charge in [0.2, 0.25) is 5.88 Å². The number of nitrogens with one attached hydrogen (secondary N) is 2. The van der Waals surface area contributed by atoms with E-state index >= 15 is 0 Å². The van der Waals surface area contributed by atoms with Crippen LogP contribution in [0.4, 0.5) is 17.6 Å². The van der Waals surface area contributed by atoms with Crippen LogP contribution in [0.15, 0.2) is 48.5 Å². The maximum absolute atomic E-state index is 13.4. The molecule has 1 heterocycles. The number of halogens is 4. The molecule has 0 radical (unpaired) electrons. The fraction of sp³-hybridized carbons (Fsp3) is 0.304. The summed E-state index contributed by atoms with van der Waals surface area (Å²) in [6, 6.07) is 13.7. The van der Waals surface area contributed by atoms with Gasteiger partial charge >= 0.3 is 6.18 Å². The minimum Gasteiger partial charge on any atom is -0.436 e. The molecule has 0 amide bonds. The zero-order valence-electron chi connectivity index (χ0n) is 19.5. The molecule has 13 heteroatoms. The number of aromatic nitrogens is 2. The van der Waals surface area contributed by atoms with Crippen LogP contribution in [0.2, 0.25) is 0 Å². The molecule has 1 aromatic heterocycles. The first-order valence-corrected chi connectivity index (χ1v) is 12.1. The normalized spacial score (nSPS) is 12.4. The van der Waals surface area contributed by atoms with E-state index in [4.69, 9.17) is 4.74 Å². The highest BCUT2D eigenvalue weighted by molar-refractivity contribution is 7.87. The van der Waals surface area contributed by atoms with Crippen LogP contribution >= 0.6 is 0 Å². The van der Waals surface area contributed by atoms with E-state index in [1.165, 1.54) is 24.6 Å². The van der Waals surface area contributed by atoms with Crippen molar-refractivity contribution in [3.63, 3.8) is 0 Å². The van der Waals surface area contributed by atoms with Crippen molar-refractivity contribution in [3.8, 4) is 29.0 Å². The van der Waals surface area contributed by atoms with Gasteiger partial charge in [-0.2, -0.15) is 36.3 Å². The average Bonchev–Trinajstić information content (AvgIpc) is 3.21. The molecule has 2 N–H and O–H groups in total. The van der Waals surface area contributed by atoms with E-state index in [0.29, 0.717) is 23.4 Å². The van der Waals surface area contributed by atoms with Gasteiger partial charge in [-0.3, -0.25) is 4.68 Å². The Morgan fingerprint density at radius 3 is 2.50 bits per heavy atom. The summed E-state index contributed by atoms with van der Waals surface area (Å²) in [5.41, 5.74) is 0.446. The lowest BCUT2D eigenvalue weighted by molar-refractivity contribution is -0.121. The predicted molar refractivity (Wildman–Crippen MR) is 124 cm³/mol. The number of hydrogen-bond donors (Lipinski definition) is 2. The zero-order valence-corrected chi connectivity index (χ0v) is 20.3. The molecule has 0 unspecified atom stereocenters. The van der Waals surface area contributed by atoms with Gasteiger partial charge < -0.3 is 4.74 Å². The Kier molecular flexibility index (Phi) is 7.73. The summed E-state index contributed by atoms with van der Waals surface area (Å²) in [5.74, 6) is -0.305. The Morgan fingerprint density at radius 2 is 1.86 bits per heavy atom. The van der Waals surface area contributed by atoms with Gasteiger partial charge in [-0.25, -0.2) is 4.39 Å². The number of hydrogen-bond acceptors (Lipinski definition) is 5. The molecule has 0 bridgehead atoms. The molecule has 36 heavy (non-hydrogen) atoms. The number of aryl methyl sites for hydroxylation is 1. The van der Waals surface area contributed by atoms with E-state index in [2.05, 4.69) is 9.82 Å². The Morgan fingerprint density at radius 1 is 1.14 bits per heavy atom. The molecule has 2 aromatic carbocycles. The molecular weight excluding hydrogens is 502 g/mol. The van der Waals surface area contributed by atoms with Crippen LogP contribution in [0.1, 0.15) is 31.9 Å². The summed E-state index contributed by atoms with van der Waals surface area (Å²) in [7, 11) is -4.46. The number of nitriles is 1. The summed E-state index contributed by atoms with van der Waals surface area (Å²) < 4.78 is 86.2. The molecule has 0 saturated heterocycles. The smallest absolute Gasteiger partial charge is 0.402 e. The fourth-order valence-corrected chi connectivity index (χ4v) is 4.60. The van der Waals surface area contributed by atoms with Crippen molar-refractivity contribution in [2.45, 2.75) is 39.0 Å². The van der Waals surface area contributed by atoms with E-state index in [1.807, 2.05) is 13.0 Å². The van der Waals surface area contributed by atoms with Gasteiger partial charge in [-0.15, -0.1) is 5.10 Å². The van der Waals surface area contributed by atoms with Crippen molar-refractivity contribution < 1.29 is 30.7 Å². The van der Waals surface area contributed by atoms with Crippen LogP contribution in [0.3, 0.4) is 0 Å². The SMILES string of the molecule is CCn1nc(Oc2ccc(F)cc2C#N)cc1-c1cccc(C(C)(C)NS(=O)(=O)NCC(F)(F)F)c1. The number of nitrogens with zero attached hydrogens (tertiary/aromatic N) is 3. The molecule has 0 saturated carbocycles. The predicted octanol–water partition coefficient (Wildman–Crippen LogP) is 4.59. The molecule has 0 fully saturated rings. The Bertz CT molecular complexity index is 1400. The third-order valence-electron chi connectivity index (χ3n) is 5.07. The number of ether oxygens (including phenoxy) is 1. The number of alkyl halides is 3. The highest BCUT2D eigenvalue weighted by Gasteiger charge is 2.32. The third kappa shape index (κ3) is 6.81. The minimum absolute atomic E-state index is 0.00207. The van der Waals surface area contributed by atoms with Crippen molar-refractivity contribution in [2.24, 2.45) is 0 Å². The standard InChI is InChI=1S/C23H23F4N5O3S/c1-4-32-19(12-21(30-32)35-20-9-8-18(24)11-16(20)13-28)15-6-5-7-17(10-15)22(2,3)31-36(33,34)29-14-23(25,26)27/h5-12,29,31H,4,14H2,1-3H3. The summed E-state index contributed by atoms with van der Waals surface area (Å²) in [5, 5.41) is 13.6. The first kappa shape index (κ1) is 27.1. The van der Waals surface area contributed by atoms with Crippen molar-refractivity contribution >= 4 is 10.2 Å². The van der Waals surface area contributed by atoms with Crippen LogP contribution in [-0.2, 0) is 22.3 Å². The highest BCUT2D eigenvalue weighted by atomic mass is 32.2. The second-order valence-corrected chi connectivity index (χ2v) is 9.79. The molecule has 0 atom stereocenters. The fourth-order valence-electron chi connectivity index (χ4n) is 3.38. The number of rotatable bonds is 9. The van der Waals surface area contributed by atoms with Crippen molar-refractivity contribution in [2.75, 3.05) is 6.54 Å². The van der Waals surface area contributed by atoms with Gasteiger partial charge in [0.1, 0.15) is 24.2 Å². The van der Waals surface area contributed by atoms with E-state index < -0.39 is 34.3 Å². The summed E-state index contributed by atoms with van der Waals surface area (Å²) in [4.78, 5) is 0. The van der Waals surface area contributed by atoms with Crippen LogP contribution in [0.5, 0.6) is 11.6 Å². The summed E-state index contributed by atoms with van der Waals surface area (Å²) in [6.07, 6.45) is -4.70. The van der Waals surface area contributed by atoms with Crippen LogP contribution in [0.25, 0.3) is 11.3 Å². The molecule has 3 aromatic rings. The molecule has 8 nitrogen and oxygen atoms in total. The highest BCUT2D eigenvalue weighted by Crippen LogP contribution is 2.31. The molecule has 0 aliphatic heterocycles. The third-order valence-corrected chi connectivity index (χ3v) is 6.37. The molecule has 0 spiro atoms. The van der Waals surface area contributed by atoms with Gasteiger partial charge in [0.25, 0.3) is 10.2 Å². The zero-order chi connectivity index (χ0) is 26.7. The molecule has 3 rings (SSSR count). The lowest BCUT2D eigenvalue weighted by Gasteiger charge is -2.27. The van der Waals surface area contributed by atoms with Crippen LogP contribution in [-0.4, -0.2) is 30.9 Å². The molecular formula is C23H23F4N5O3S. The van der Waals surface area contributed by atoms with Gasteiger partial charge in [0.15, 0.2) is 0 Å². The van der Waals surface area contributed by atoms with E-state index in [9.17, 15) is 31.2 Å². The van der Waals surface area contributed by atoms with Crippen LogP contribution in [0, 0.1) is 17.1 Å². The Hall–Kier alpha value is -3.47.